The maximum Gasteiger partial charge on any atom is 0.221 e. The minimum Gasteiger partial charge on any atom is -0.409 e. The molecule has 5 nitrogen and oxygen atoms in total. The van der Waals surface area contributed by atoms with Gasteiger partial charge < -0.3 is 16.3 Å². The van der Waals surface area contributed by atoms with E-state index in [0.29, 0.717) is 19.3 Å². The lowest BCUT2D eigenvalue weighted by atomic mass is 9.97. The number of oxime groups is 1. The number of rotatable bonds is 6. The summed E-state index contributed by atoms with van der Waals surface area (Å²) in [7, 11) is 0. The van der Waals surface area contributed by atoms with Gasteiger partial charge in [0.25, 0.3) is 0 Å². The van der Waals surface area contributed by atoms with Crippen LogP contribution >= 0.6 is 0 Å². The van der Waals surface area contributed by atoms with E-state index in [1.54, 1.807) is 6.92 Å². The molecule has 0 saturated heterocycles. The fourth-order valence-electron chi connectivity index (χ4n) is 1.72. The Morgan fingerprint density at radius 2 is 2.05 bits per heavy atom. The summed E-state index contributed by atoms with van der Waals surface area (Å²) in [5.74, 6) is -0.0946. The Bertz CT molecular complexity index is 445. The van der Waals surface area contributed by atoms with E-state index in [0.717, 1.165) is 5.56 Å². The van der Waals surface area contributed by atoms with E-state index in [9.17, 15) is 4.79 Å². The molecule has 0 aromatic heterocycles. The summed E-state index contributed by atoms with van der Waals surface area (Å²) in [6.45, 7) is 3.61. The fraction of sp³-hybridized carbons (Fsp3) is 0.429. The molecule has 19 heavy (non-hydrogen) atoms. The summed E-state index contributed by atoms with van der Waals surface area (Å²) in [4.78, 5) is 11.9. The molecule has 5 heteroatoms. The van der Waals surface area contributed by atoms with Crippen LogP contribution in [0.2, 0.25) is 0 Å². The van der Waals surface area contributed by atoms with Crippen LogP contribution in [0.4, 0.5) is 0 Å². The van der Waals surface area contributed by atoms with Crippen LogP contribution < -0.4 is 11.1 Å². The predicted molar refractivity (Wildman–Crippen MR) is 75.0 cm³/mol. The first-order valence-corrected chi connectivity index (χ1v) is 6.34. The highest BCUT2D eigenvalue weighted by atomic mass is 16.4. The lowest BCUT2D eigenvalue weighted by Gasteiger charge is -2.28. The Kier molecular flexibility index (Phi) is 5.36. The van der Waals surface area contributed by atoms with E-state index in [1.807, 2.05) is 37.3 Å². The van der Waals surface area contributed by atoms with Crippen molar-refractivity contribution in [1.29, 1.82) is 0 Å². The van der Waals surface area contributed by atoms with Gasteiger partial charge in [0.1, 0.15) is 0 Å². The lowest BCUT2D eigenvalue weighted by Crippen LogP contribution is -2.55. The van der Waals surface area contributed by atoms with E-state index < -0.39 is 5.54 Å². The summed E-state index contributed by atoms with van der Waals surface area (Å²) in [5.41, 5.74) is 5.91. The van der Waals surface area contributed by atoms with Gasteiger partial charge in [-0.25, -0.2) is 0 Å². The van der Waals surface area contributed by atoms with Crippen molar-refractivity contribution < 1.29 is 10.0 Å². The van der Waals surface area contributed by atoms with Crippen LogP contribution in [0.5, 0.6) is 0 Å². The highest BCUT2D eigenvalue weighted by Gasteiger charge is 2.29. The third kappa shape index (κ3) is 4.28. The van der Waals surface area contributed by atoms with Gasteiger partial charge in [-0.05, 0) is 25.3 Å². The number of nitrogens with one attached hydrogen (secondary N) is 1. The topological polar surface area (TPSA) is 87.7 Å². The minimum absolute atomic E-state index is 0.0167. The van der Waals surface area contributed by atoms with E-state index in [2.05, 4.69) is 10.5 Å². The molecule has 0 saturated carbocycles. The van der Waals surface area contributed by atoms with Gasteiger partial charge in [-0.3, -0.25) is 4.79 Å². The third-order valence-electron chi connectivity index (χ3n) is 3.28. The van der Waals surface area contributed by atoms with Gasteiger partial charge in [0.05, 0.1) is 5.54 Å². The zero-order valence-electron chi connectivity index (χ0n) is 11.4. The molecule has 1 rings (SSSR count). The van der Waals surface area contributed by atoms with Crippen molar-refractivity contribution in [1.82, 2.24) is 5.32 Å². The second-order valence-electron chi connectivity index (χ2n) is 4.70. The normalized spacial score (nSPS) is 14.7. The first-order chi connectivity index (χ1) is 9.01. The van der Waals surface area contributed by atoms with Crippen molar-refractivity contribution >= 4 is 11.7 Å². The van der Waals surface area contributed by atoms with Crippen molar-refractivity contribution in [2.75, 3.05) is 0 Å². The molecule has 0 heterocycles. The van der Waals surface area contributed by atoms with Crippen LogP contribution in [-0.2, 0) is 11.2 Å². The molecule has 104 valence electrons. The van der Waals surface area contributed by atoms with Crippen molar-refractivity contribution in [3.63, 3.8) is 0 Å². The first kappa shape index (κ1) is 15.0. The van der Waals surface area contributed by atoms with Gasteiger partial charge in [0.2, 0.25) is 5.91 Å². The van der Waals surface area contributed by atoms with Crippen molar-refractivity contribution in [3.05, 3.63) is 35.9 Å². The number of nitrogens with two attached hydrogens (primary N) is 1. The highest BCUT2D eigenvalue weighted by Crippen LogP contribution is 2.10. The van der Waals surface area contributed by atoms with Crippen molar-refractivity contribution in [3.8, 4) is 0 Å². The summed E-state index contributed by atoms with van der Waals surface area (Å²) in [6.07, 6.45) is 1.60. The van der Waals surface area contributed by atoms with E-state index in [1.165, 1.54) is 0 Å². The molecule has 0 aliphatic rings. The molecule has 1 unspecified atom stereocenters. The molecule has 0 fully saturated rings. The van der Waals surface area contributed by atoms with E-state index in [4.69, 9.17) is 10.9 Å². The number of amidine groups is 1. The number of hydrogen-bond acceptors (Lipinski definition) is 3. The zero-order valence-corrected chi connectivity index (χ0v) is 11.4. The average Bonchev–Trinajstić information content (AvgIpc) is 2.45. The number of aryl methyl sites for hydroxylation is 1. The quantitative estimate of drug-likeness (QED) is 0.315. The maximum atomic E-state index is 11.9. The number of carbonyl (C=O) groups is 1. The Labute approximate surface area is 113 Å². The molecule has 1 aromatic rings. The molecule has 1 aromatic carbocycles. The average molecular weight is 263 g/mol. The number of carbonyl (C=O) groups excluding carboxylic acids is 1. The van der Waals surface area contributed by atoms with Crippen LogP contribution in [-0.4, -0.2) is 22.5 Å². The summed E-state index contributed by atoms with van der Waals surface area (Å²) in [5, 5.41) is 14.5. The second-order valence-corrected chi connectivity index (χ2v) is 4.70. The molecule has 0 spiro atoms. The number of nitrogens with zero attached hydrogens (tertiary/aromatic N) is 1. The summed E-state index contributed by atoms with van der Waals surface area (Å²) < 4.78 is 0. The van der Waals surface area contributed by atoms with Crippen LogP contribution in [0, 0.1) is 0 Å². The Balaban J connectivity index is 2.55. The van der Waals surface area contributed by atoms with Crippen LogP contribution in [0.25, 0.3) is 0 Å². The predicted octanol–water partition coefficient (Wildman–Crippen LogP) is 1.65. The van der Waals surface area contributed by atoms with Gasteiger partial charge in [0, 0.05) is 6.42 Å². The molecule has 0 aliphatic heterocycles. The van der Waals surface area contributed by atoms with Gasteiger partial charge >= 0.3 is 0 Å². The number of hydrogen-bond donors (Lipinski definition) is 3. The van der Waals surface area contributed by atoms with E-state index in [-0.39, 0.29) is 11.7 Å². The molecule has 0 aliphatic carbocycles. The van der Waals surface area contributed by atoms with Crippen LogP contribution in [0.3, 0.4) is 0 Å². The first-order valence-electron chi connectivity index (χ1n) is 6.34. The summed E-state index contributed by atoms with van der Waals surface area (Å²) >= 11 is 0. The highest BCUT2D eigenvalue weighted by molar-refractivity contribution is 5.93. The largest absolute Gasteiger partial charge is 0.409 e. The molecular weight excluding hydrogens is 242 g/mol. The Morgan fingerprint density at radius 3 is 2.58 bits per heavy atom. The molecule has 0 radical (unpaired) electrons. The maximum absolute atomic E-state index is 11.9. The molecule has 4 N–H and O–H groups in total. The Morgan fingerprint density at radius 1 is 1.42 bits per heavy atom. The SMILES string of the molecule is CCC(C)(NC(=O)CCc1ccccc1)/C(N)=N/O. The van der Waals surface area contributed by atoms with Crippen LogP contribution in [0.1, 0.15) is 32.3 Å². The lowest BCUT2D eigenvalue weighted by molar-refractivity contribution is -0.122. The molecule has 1 atom stereocenters. The van der Waals surface area contributed by atoms with Gasteiger partial charge in [0.15, 0.2) is 5.84 Å². The van der Waals surface area contributed by atoms with Gasteiger partial charge in [-0.15, -0.1) is 0 Å². The molecule has 1 amide bonds. The monoisotopic (exact) mass is 263 g/mol. The van der Waals surface area contributed by atoms with E-state index >= 15 is 0 Å². The van der Waals surface area contributed by atoms with Crippen LogP contribution in [0.15, 0.2) is 35.5 Å². The van der Waals surface area contributed by atoms with Crippen molar-refractivity contribution in [2.45, 2.75) is 38.6 Å². The summed E-state index contributed by atoms with van der Waals surface area (Å²) in [6, 6.07) is 9.79. The fourth-order valence-corrected chi connectivity index (χ4v) is 1.72. The Hall–Kier alpha value is -2.04. The number of benzene rings is 1. The standard InChI is InChI=1S/C14H21N3O2/c1-3-14(2,13(15)17-19)16-12(18)10-9-11-7-5-4-6-8-11/h4-8,19H,3,9-10H2,1-2H3,(H2,15,17)(H,16,18). The smallest absolute Gasteiger partial charge is 0.221 e. The molecule has 0 bridgehead atoms. The number of amides is 1. The van der Waals surface area contributed by atoms with Crippen molar-refractivity contribution in [2.24, 2.45) is 10.9 Å². The third-order valence-corrected chi connectivity index (χ3v) is 3.28. The second kappa shape index (κ2) is 6.78. The van der Waals surface area contributed by atoms with Gasteiger partial charge in [-0.1, -0.05) is 42.4 Å². The minimum atomic E-state index is -0.803. The van der Waals surface area contributed by atoms with Gasteiger partial charge in [-0.2, -0.15) is 0 Å². The molecular formula is C14H21N3O2. The zero-order chi connectivity index (χ0) is 14.3.